The van der Waals surface area contributed by atoms with E-state index in [1.54, 1.807) is 44.2 Å². The van der Waals surface area contributed by atoms with E-state index in [1.165, 1.54) is 12.1 Å². The topological polar surface area (TPSA) is 67.4 Å². The van der Waals surface area contributed by atoms with E-state index in [9.17, 15) is 9.59 Å². The first-order valence-corrected chi connectivity index (χ1v) is 8.41. The molecule has 0 spiro atoms. The number of carbonyl (C=O) groups excluding carboxylic acids is 2. The predicted octanol–water partition coefficient (Wildman–Crippen LogP) is 4.75. The molecule has 0 saturated heterocycles. The average molecular weight is 381 g/mol. The van der Waals surface area contributed by atoms with Crippen molar-refractivity contribution in [1.29, 1.82) is 0 Å². The third-order valence-electron chi connectivity index (χ3n) is 3.34. The van der Waals surface area contributed by atoms with Gasteiger partial charge in [0.25, 0.3) is 0 Å². The fourth-order valence-electron chi connectivity index (χ4n) is 2.06. The molecule has 132 valence electrons. The summed E-state index contributed by atoms with van der Waals surface area (Å²) in [7, 11) is 0. The van der Waals surface area contributed by atoms with E-state index >= 15 is 0 Å². The molecule has 5 nitrogen and oxygen atoms in total. The molecule has 0 radical (unpaired) electrons. The quantitative estimate of drug-likeness (QED) is 0.581. The molecule has 2 amide bonds. The van der Waals surface area contributed by atoms with E-state index in [4.69, 9.17) is 27.9 Å². The third-order valence-corrected chi connectivity index (χ3v) is 3.87. The second-order valence-electron chi connectivity index (χ2n) is 5.68. The van der Waals surface area contributed by atoms with Crippen LogP contribution in [0, 0.1) is 5.92 Å². The van der Waals surface area contributed by atoms with Crippen molar-refractivity contribution in [2.24, 2.45) is 5.92 Å². The highest BCUT2D eigenvalue weighted by molar-refractivity contribution is 6.35. The van der Waals surface area contributed by atoms with Crippen molar-refractivity contribution in [3.05, 3.63) is 58.6 Å². The number of carbonyl (C=O) groups is 2. The number of para-hydroxylation sites is 1. The van der Waals surface area contributed by atoms with Crippen molar-refractivity contribution >= 4 is 40.9 Å². The fraction of sp³-hybridized carbons (Fsp3) is 0.222. The van der Waals surface area contributed by atoms with Gasteiger partial charge in [-0.15, -0.1) is 0 Å². The Hall–Kier alpha value is -2.24. The summed E-state index contributed by atoms with van der Waals surface area (Å²) in [5.74, 6) is -0.602. The standard InChI is InChI=1S/C18H18Cl2N2O3/c1-11(2)16(22-18(24)21-13-6-4-3-5-7-13)17(23)25-15-9-8-12(19)10-14(15)20/h3-11,16H,1-2H3,(H2,21,22,24). The van der Waals surface area contributed by atoms with E-state index in [2.05, 4.69) is 10.6 Å². The minimum absolute atomic E-state index is 0.180. The van der Waals surface area contributed by atoms with Crippen LogP contribution in [0.25, 0.3) is 0 Å². The number of ether oxygens (including phenoxy) is 1. The average Bonchev–Trinajstić information content (AvgIpc) is 2.55. The van der Waals surface area contributed by atoms with Gasteiger partial charge in [0.2, 0.25) is 0 Å². The molecule has 0 aliphatic heterocycles. The molecule has 0 heterocycles. The molecular weight excluding hydrogens is 363 g/mol. The molecular formula is C18H18Cl2N2O3. The van der Waals surface area contributed by atoms with Gasteiger partial charge in [-0.2, -0.15) is 0 Å². The summed E-state index contributed by atoms with van der Waals surface area (Å²) in [4.78, 5) is 24.5. The summed E-state index contributed by atoms with van der Waals surface area (Å²) in [6.07, 6.45) is 0. The minimum Gasteiger partial charge on any atom is -0.423 e. The third kappa shape index (κ3) is 5.66. The molecule has 2 rings (SSSR count). The lowest BCUT2D eigenvalue weighted by Crippen LogP contribution is -2.48. The number of halogens is 2. The van der Waals surface area contributed by atoms with E-state index in [-0.39, 0.29) is 16.7 Å². The molecule has 7 heteroatoms. The molecule has 1 unspecified atom stereocenters. The van der Waals surface area contributed by atoms with Crippen molar-refractivity contribution in [3.63, 3.8) is 0 Å². The number of urea groups is 1. The number of nitrogens with one attached hydrogen (secondary N) is 2. The fourth-order valence-corrected chi connectivity index (χ4v) is 2.50. The summed E-state index contributed by atoms with van der Waals surface area (Å²) in [6.45, 7) is 3.61. The second kappa shape index (κ2) is 8.74. The molecule has 0 aromatic heterocycles. The Kier molecular flexibility index (Phi) is 6.67. The normalized spacial score (nSPS) is 11.7. The lowest BCUT2D eigenvalue weighted by Gasteiger charge is -2.21. The molecule has 2 aromatic carbocycles. The zero-order valence-corrected chi connectivity index (χ0v) is 15.3. The first-order valence-electron chi connectivity index (χ1n) is 7.66. The van der Waals surface area contributed by atoms with Gasteiger partial charge >= 0.3 is 12.0 Å². The van der Waals surface area contributed by atoms with Gasteiger partial charge in [-0.05, 0) is 36.2 Å². The first kappa shape index (κ1) is 19.1. The van der Waals surface area contributed by atoms with Crippen LogP contribution in [-0.2, 0) is 4.79 Å². The van der Waals surface area contributed by atoms with E-state index < -0.39 is 18.0 Å². The number of hydrogen-bond acceptors (Lipinski definition) is 3. The summed E-state index contributed by atoms with van der Waals surface area (Å²) < 4.78 is 5.30. The number of hydrogen-bond donors (Lipinski definition) is 2. The Morgan fingerprint density at radius 3 is 2.32 bits per heavy atom. The maximum absolute atomic E-state index is 12.4. The zero-order valence-electron chi connectivity index (χ0n) is 13.8. The number of esters is 1. The van der Waals surface area contributed by atoms with Gasteiger partial charge in [-0.25, -0.2) is 9.59 Å². The van der Waals surface area contributed by atoms with Gasteiger partial charge in [-0.1, -0.05) is 55.2 Å². The number of anilines is 1. The Morgan fingerprint density at radius 2 is 1.72 bits per heavy atom. The van der Waals surface area contributed by atoms with Gasteiger partial charge in [0.05, 0.1) is 5.02 Å². The highest BCUT2D eigenvalue weighted by atomic mass is 35.5. The van der Waals surface area contributed by atoms with Crippen LogP contribution in [0.3, 0.4) is 0 Å². The molecule has 1 atom stereocenters. The molecule has 2 N–H and O–H groups in total. The van der Waals surface area contributed by atoms with Crippen LogP contribution < -0.4 is 15.4 Å². The van der Waals surface area contributed by atoms with Crippen LogP contribution in [0.4, 0.5) is 10.5 Å². The zero-order chi connectivity index (χ0) is 18.4. The molecule has 0 aliphatic carbocycles. The van der Waals surface area contributed by atoms with Crippen molar-refractivity contribution in [2.45, 2.75) is 19.9 Å². The van der Waals surface area contributed by atoms with Crippen molar-refractivity contribution in [2.75, 3.05) is 5.32 Å². The van der Waals surface area contributed by atoms with Crippen LogP contribution in [-0.4, -0.2) is 18.0 Å². The molecule has 25 heavy (non-hydrogen) atoms. The Bertz CT molecular complexity index is 751. The van der Waals surface area contributed by atoms with Crippen LogP contribution >= 0.6 is 23.2 Å². The van der Waals surface area contributed by atoms with Crippen molar-refractivity contribution in [3.8, 4) is 5.75 Å². The molecule has 0 aliphatic rings. The Morgan fingerprint density at radius 1 is 1.04 bits per heavy atom. The minimum atomic E-state index is -0.838. The van der Waals surface area contributed by atoms with E-state index in [0.29, 0.717) is 10.7 Å². The van der Waals surface area contributed by atoms with Crippen LogP contribution in [0.2, 0.25) is 10.0 Å². The SMILES string of the molecule is CC(C)C(NC(=O)Nc1ccccc1)C(=O)Oc1ccc(Cl)cc1Cl. The highest BCUT2D eigenvalue weighted by Crippen LogP contribution is 2.28. The lowest BCUT2D eigenvalue weighted by molar-refractivity contribution is -0.137. The van der Waals surface area contributed by atoms with Crippen LogP contribution in [0.5, 0.6) is 5.75 Å². The Balaban J connectivity index is 2.03. The van der Waals surface area contributed by atoms with Gasteiger partial charge in [-0.3, -0.25) is 0 Å². The van der Waals surface area contributed by atoms with Crippen molar-refractivity contribution in [1.82, 2.24) is 5.32 Å². The van der Waals surface area contributed by atoms with Crippen LogP contribution in [0.15, 0.2) is 48.5 Å². The maximum Gasteiger partial charge on any atom is 0.334 e. The lowest BCUT2D eigenvalue weighted by atomic mass is 10.1. The molecule has 2 aromatic rings. The molecule has 0 bridgehead atoms. The van der Waals surface area contributed by atoms with Gasteiger partial charge in [0.15, 0.2) is 0 Å². The highest BCUT2D eigenvalue weighted by Gasteiger charge is 2.27. The van der Waals surface area contributed by atoms with E-state index in [1.807, 2.05) is 6.07 Å². The monoisotopic (exact) mass is 380 g/mol. The summed E-state index contributed by atoms with van der Waals surface area (Å²) in [5.41, 5.74) is 0.622. The van der Waals surface area contributed by atoms with Gasteiger partial charge in [0, 0.05) is 10.7 Å². The van der Waals surface area contributed by atoms with Crippen molar-refractivity contribution < 1.29 is 14.3 Å². The van der Waals surface area contributed by atoms with Crippen LogP contribution in [0.1, 0.15) is 13.8 Å². The maximum atomic E-state index is 12.4. The van der Waals surface area contributed by atoms with E-state index in [0.717, 1.165) is 0 Å². The summed E-state index contributed by atoms with van der Waals surface area (Å²) in [6, 6.07) is 12.1. The Labute approximate surface area is 156 Å². The summed E-state index contributed by atoms with van der Waals surface area (Å²) in [5, 5.41) is 5.94. The summed E-state index contributed by atoms with van der Waals surface area (Å²) >= 11 is 11.8. The number of rotatable bonds is 5. The smallest absolute Gasteiger partial charge is 0.334 e. The molecule has 0 saturated carbocycles. The number of amides is 2. The number of benzene rings is 2. The van der Waals surface area contributed by atoms with Gasteiger partial charge in [0.1, 0.15) is 11.8 Å². The molecule has 0 fully saturated rings. The largest absolute Gasteiger partial charge is 0.423 e. The van der Waals surface area contributed by atoms with Gasteiger partial charge < -0.3 is 15.4 Å². The second-order valence-corrected chi connectivity index (χ2v) is 6.53. The first-order chi connectivity index (χ1) is 11.9. The predicted molar refractivity (Wildman–Crippen MR) is 99.3 cm³/mol.